The van der Waals surface area contributed by atoms with Crippen molar-refractivity contribution in [3.05, 3.63) is 71.5 Å². The lowest BCUT2D eigenvalue weighted by molar-refractivity contribution is -0.144. The molecule has 3 atom stereocenters. The van der Waals surface area contributed by atoms with E-state index in [0.29, 0.717) is 45.4 Å². The van der Waals surface area contributed by atoms with Crippen LogP contribution in [0.5, 0.6) is 0 Å². The molecule has 0 bridgehead atoms. The Bertz CT molecular complexity index is 991. The zero-order valence-corrected chi connectivity index (χ0v) is 21.6. The van der Waals surface area contributed by atoms with E-state index in [2.05, 4.69) is 21.9 Å². The molecule has 4 rings (SSSR count). The van der Waals surface area contributed by atoms with Crippen LogP contribution in [0.25, 0.3) is 0 Å². The van der Waals surface area contributed by atoms with Crippen LogP contribution in [0.2, 0.25) is 0 Å². The number of likely N-dealkylation sites (tertiary alicyclic amines) is 2. The van der Waals surface area contributed by atoms with Crippen LogP contribution in [0.1, 0.15) is 56.6 Å². The molecule has 0 aromatic heterocycles. The SMILES string of the molecule is CC(C)[C@H](C(=O)O)N1C[C@H](CN2CCC(F)(CCCc3ccccc3)CC2)[C@@H](c2cccc(F)c2)C1. The van der Waals surface area contributed by atoms with Crippen molar-refractivity contribution in [2.75, 3.05) is 32.7 Å². The maximum atomic E-state index is 15.6. The lowest BCUT2D eigenvalue weighted by Crippen LogP contribution is -2.45. The molecular weight excluding hydrogens is 458 g/mol. The highest BCUT2D eigenvalue weighted by atomic mass is 19.1. The lowest BCUT2D eigenvalue weighted by atomic mass is 9.85. The second-order valence-corrected chi connectivity index (χ2v) is 11.2. The predicted molar refractivity (Wildman–Crippen MR) is 139 cm³/mol. The lowest BCUT2D eigenvalue weighted by Gasteiger charge is -2.38. The number of aryl methyl sites for hydroxylation is 1. The molecule has 0 amide bonds. The Labute approximate surface area is 214 Å². The van der Waals surface area contributed by atoms with Gasteiger partial charge >= 0.3 is 5.97 Å². The van der Waals surface area contributed by atoms with Gasteiger partial charge in [0.25, 0.3) is 0 Å². The largest absolute Gasteiger partial charge is 0.480 e. The van der Waals surface area contributed by atoms with Gasteiger partial charge in [-0.15, -0.1) is 0 Å². The van der Waals surface area contributed by atoms with Crippen LogP contribution in [0, 0.1) is 17.7 Å². The summed E-state index contributed by atoms with van der Waals surface area (Å²) in [6, 6.07) is 16.4. The molecule has 6 heteroatoms. The van der Waals surface area contributed by atoms with E-state index in [4.69, 9.17) is 0 Å². The average Bonchev–Trinajstić information content (AvgIpc) is 3.24. The highest BCUT2D eigenvalue weighted by Gasteiger charge is 2.42. The summed E-state index contributed by atoms with van der Waals surface area (Å²) in [5.41, 5.74) is 1.07. The summed E-state index contributed by atoms with van der Waals surface area (Å²) >= 11 is 0. The Morgan fingerprint density at radius 2 is 1.81 bits per heavy atom. The second kappa shape index (κ2) is 11.8. The Morgan fingerprint density at radius 1 is 1.08 bits per heavy atom. The van der Waals surface area contributed by atoms with Crippen molar-refractivity contribution in [1.82, 2.24) is 9.80 Å². The van der Waals surface area contributed by atoms with E-state index in [1.165, 1.54) is 11.6 Å². The van der Waals surface area contributed by atoms with Gasteiger partial charge in [-0.05, 0) is 67.2 Å². The number of carbonyl (C=O) groups is 1. The molecule has 36 heavy (non-hydrogen) atoms. The van der Waals surface area contributed by atoms with E-state index < -0.39 is 17.7 Å². The minimum Gasteiger partial charge on any atom is -0.480 e. The molecule has 2 fully saturated rings. The summed E-state index contributed by atoms with van der Waals surface area (Å²) in [5.74, 6) is -0.854. The van der Waals surface area contributed by atoms with Crippen LogP contribution in [-0.2, 0) is 11.2 Å². The van der Waals surface area contributed by atoms with Gasteiger partial charge in [0.15, 0.2) is 0 Å². The molecule has 2 heterocycles. The van der Waals surface area contributed by atoms with Crippen molar-refractivity contribution in [2.45, 2.75) is 63.6 Å². The molecular formula is C30H40F2N2O2. The first-order valence-corrected chi connectivity index (χ1v) is 13.4. The first-order chi connectivity index (χ1) is 17.2. The normalized spacial score (nSPS) is 23.7. The van der Waals surface area contributed by atoms with Crippen LogP contribution in [0.4, 0.5) is 8.78 Å². The number of hydrogen-bond acceptors (Lipinski definition) is 3. The molecule has 4 nitrogen and oxygen atoms in total. The fourth-order valence-corrected chi connectivity index (χ4v) is 6.27. The molecule has 0 saturated carbocycles. The monoisotopic (exact) mass is 498 g/mol. The first-order valence-electron chi connectivity index (χ1n) is 13.4. The van der Waals surface area contributed by atoms with E-state index in [1.807, 2.05) is 38.1 Å². The summed E-state index contributed by atoms with van der Waals surface area (Å²) in [6.07, 6.45) is 3.42. The topological polar surface area (TPSA) is 43.8 Å². The van der Waals surface area contributed by atoms with Gasteiger partial charge in [0, 0.05) is 38.6 Å². The van der Waals surface area contributed by atoms with Crippen LogP contribution < -0.4 is 0 Å². The highest BCUT2D eigenvalue weighted by molar-refractivity contribution is 5.73. The molecule has 2 aromatic rings. The van der Waals surface area contributed by atoms with Crippen LogP contribution >= 0.6 is 0 Å². The van der Waals surface area contributed by atoms with Gasteiger partial charge in [0.2, 0.25) is 0 Å². The minimum absolute atomic E-state index is 0.0209. The first kappa shape index (κ1) is 26.7. The molecule has 0 spiro atoms. The highest BCUT2D eigenvalue weighted by Crippen LogP contribution is 2.38. The van der Waals surface area contributed by atoms with Gasteiger partial charge < -0.3 is 10.0 Å². The van der Waals surface area contributed by atoms with Gasteiger partial charge in [-0.25, -0.2) is 8.78 Å². The number of rotatable bonds is 10. The maximum absolute atomic E-state index is 15.6. The van der Waals surface area contributed by atoms with Crippen molar-refractivity contribution >= 4 is 5.97 Å². The number of piperidine rings is 1. The molecule has 2 saturated heterocycles. The van der Waals surface area contributed by atoms with Gasteiger partial charge in [0.1, 0.15) is 17.5 Å². The zero-order valence-electron chi connectivity index (χ0n) is 21.6. The number of halogens is 2. The van der Waals surface area contributed by atoms with Gasteiger partial charge in [-0.2, -0.15) is 0 Å². The Balaban J connectivity index is 1.37. The third kappa shape index (κ3) is 6.71. The smallest absolute Gasteiger partial charge is 0.321 e. The van der Waals surface area contributed by atoms with Crippen molar-refractivity contribution in [2.24, 2.45) is 11.8 Å². The third-order valence-electron chi connectivity index (χ3n) is 8.20. The molecule has 2 aromatic carbocycles. The second-order valence-electron chi connectivity index (χ2n) is 11.2. The minimum atomic E-state index is -1.11. The number of aliphatic carboxylic acids is 1. The summed E-state index contributed by atoms with van der Waals surface area (Å²) in [4.78, 5) is 16.4. The number of alkyl halides is 1. The summed E-state index contributed by atoms with van der Waals surface area (Å²) in [7, 11) is 0. The van der Waals surface area contributed by atoms with E-state index in [-0.39, 0.29) is 23.6 Å². The molecule has 0 unspecified atom stereocenters. The number of benzene rings is 2. The molecule has 196 valence electrons. The Morgan fingerprint density at radius 3 is 2.44 bits per heavy atom. The van der Waals surface area contributed by atoms with E-state index in [1.54, 1.807) is 12.1 Å². The standard InChI is InChI=1S/C30H40F2N2O2/c1-22(2)28(29(35)36)34-20-25(27(21-34)24-11-6-12-26(31)18-24)19-33-16-14-30(32,15-17-33)13-7-10-23-8-4-3-5-9-23/h3-6,8-9,11-12,18,22,25,27-28H,7,10,13-17,19-21H2,1-2H3,(H,35,36)/t25-,27+,28+/m0/s1. The average molecular weight is 499 g/mol. The third-order valence-corrected chi connectivity index (χ3v) is 8.20. The van der Waals surface area contributed by atoms with E-state index in [9.17, 15) is 14.3 Å². The summed E-state index contributed by atoms with van der Waals surface area (Å²) in [5, 5.41) is 9.86. The number of carboxylic acid groups (broad SMARTS) is 1. The molecule has 2 aliphatic rings. The molecule has 0 radical (unpaired) electrons. The summed E-state index contributed by atoms with van der Waals surface area (Å²) in [6.45, 7) is 7.33. The fraction of sp³-hybridized carbons (Fsp3) is 0.567. The quantitative estimate of drug-likeness (QED) is 0.451. The summed E-state index contributed by atoms with van der Waals surface area (Å²) < 4.78 is 29.6. The maximum Gasteiger partial charge on any atom is 0.321 e. The van der Waals surface area contributed by atoms with Crippen molar-refractivity contribution in [3.8, 4) is 0 Å². The Kier molecular flexibility index (Phi) is 8.78. The van der Waals surface area contributed by atoms with Gasteiger partial charge in [0.05, 0.1) is 0 Å². The number of carboxylic acids is 1. The predicted octanol–water partition coefficient (Wildman–Crippen LogP) is 5.78. The van der Waals surface area contributed by atoms with Gasteiger partial charge in [-0.1, -0.05) is 56.3 Å². The number of hydrogen-bond donors (Lipinski definition) is 1. The fourth-order valence-electron chi connectivity index (χ4n) is 6.27. The van der Waals surface area contributed by atoms with Gasteiger partial charge in [-0.3, -0.25) is 9.69 Å². The Hall–Kier alpha value is -2.31. The zero-order chi connectivity index (χ0) is 25.7. The van der Waals surface area contributed by atoms with E-state index in [0.717, 1.165) is 24.9 Å². The van der Waals surface area contributed by atoms with Crippen LogP contribution in [0.3, 0.4) is 0 Å². The van der Waals surface area contributed by atoms with Crippen LogP contribution in [-0.4, -0.2) is 65.3 Å². The van der Waals surface area contributed by atoms with Crippen molar-refractivity contribution in [1.29, 1.82) is 0 Å². The molecule has 1 N–H and O–H groups in total. The molecule has 2 aliphatic heterocycles. The van der Waals surface area contributed by atoms with Crippen LogP contribution in [0.15, 0.2) is 54.6 Å². The number of nitrogens with zero attached hydrogens (tertiary/aromatic N) is 2. The molecule has 0 aliphatic carbocycles. The van der Waals surface area contributed by atoms with E-state index >= 15 is 4.39 Å². The van der Waals surface area contributed by atoms with Crippen molar-refractivity contribution < 1.29 is 18.7 Å². The van der Waals surface area contributed by atoms with Crippen molar-refractivity contribution in [3.63, 3.8) is 0 Å².